The first-order chi connectivity index (χ1) is 15.1. The average molecular weight is 427 g/mol. The van der Waals surface area contributed by atoms with Gasteiger partial charge in [0.2, 0.25) is 5.91 Å². The normalized spacial score (nSPS) is 14.8. The molecular formula is C25H34N2O4. The standard InChI is InChI=1S/C25H34N2O4/c1-4-29-23-12-6-19(18-24(23)30-5-2)7-13-25(28)26-20-8-10-21(11-9-20)31-22-14-16-27(3)17-15-22/h6,8-12,18,22H,4-5,7,13-17H2,1-3H3,(H,26,28). The van der Waals surface area contributed by atoms with Crippen molar-refractivity contribution in [3.63, 3.8) is 0 Å². The van der Waals surface area contributed by atoms with Crippen molar-refractivity contribution >= 4 is 11.6 Å². The van der Waals surface area contributed by atoms with Crippen molar-refractivity contribution in [3.05, 3.63) is 48.0 Å². The number of aryl methyl sites for hydroxylation is 1. The van der Waals surface area contributed by atoms with Crippen LogP contribution in [0.5, 0.6) is 17.2 Å². The minimum Gasteiger partial charge on any atom is -0.490 e. The largest absolute Gasteiger partial charge is 0.490 e. The zero-order valence-electron chi connectivity index (χ0n) is 18.9. The number of carbonyl (C=O) groups excluding carboxylic acids is 1. The second-order valence-corrected chi connectivity index (χ2v) is 7.84. The van der Waals surface area contributed by atoms with Gasteiger partial charge in [0.15, 0.2) is 11.5 Å². The summed E-state index contributed by atoms with van der Waals surface area (Å²) in [6.45, 7) is 7.19. The molecule has 6 nitrogen and oxygen atoms in total. The number of anilines is 1. The Balaban J connectivity index is 1.47. The Labute approximate surface area is 185 Å². The number of likely N-dealkylation sites (tertiary alicyclic amines) is 1. The molecule has 1 saturated heterocycles. The molecule has 1 fully saturated rings. The zero-order chi connectivity index (χ0) is 22.1. The summed E-state index contributed by atoms with van der Waals surface area (Å²) in [5, 5.41) is 2.96. The van der Waals surface area contributed by atoms with E-state index in [4.69, 9.17) is 14.2 Å². The summed E-state index contributed by atoms with van der Waals surface area (Å²) in [6, 6.07) is 13.5. The summed E-state index contributed by atoms with van der Waals surface area (Å²) in [7, 11) is 2.14. The summed E-state index contributed by atoms with van der Waals surface area (Å²) in [4.78, 5) is 14.7. The van der Waals surface area contributed by atoms with E-state index >= 15 is 0 Å². The van der Waals surface area contributed by atoms with Crippen molar-refractivity contribution in [1.29, 1.82) is 0 Å². The molecule has 0 radical (unpaired) electrons. The quantitative estimate of drug-likeness (QED) is 0.605. The molecule has 0 spiro atoms. The van der Waals surface area contributed by atoms with E-state index in [0.717, 1.165) is 54.4 Å². The molecule has 6 heteroatoms. The molecule has 0 aromatic heterocycles. The molecule has 31 heavy (non-hydrogen) atoms. The average Bonchev–Trinajstić information content (AvgIpc) is 2.77. The molecule has 0 saturated carbocycles. The maximum atomic E-state index is 12.4. The topological polar surface area (TPSA) is 60.0 Å². The van der Waals surface area contributed by atoms with E-state index in [0.29, 0.717) is 26.1 Å². The second kappa shape index (κ2) is 11.6. The summed E-state index contributed by atoms with van der Waals surface area (Å²) >= 11 is 0. The van der Waals surface area contributed by atoms with Crippen molar-refractivity contribution in [1.82, 2.24) is 4.90 Å². The third-order valence-corrected chi connectivity index (χ3v) is 5.35. The van der Waals surface area contributed by atoms with Crippen LogP contribution in [-0.2, 0) is 11.2 Å². The van der Waals surface area contributed by atoms with E-state index in [-0.39, 0.29) is 12.0 Å². The fourth-order valence-electron chi connectivity index (χ4n) is 3.64. The van der Waals surface area contributed by atoms with Gasteiger partial charge >= 0.3 is 0 Å². The first-order valence-corrected chi connectivity index (χ1v) is 11.2. The van der Waals surface area contributed by atoms with E-state index in [1.165, 1.54) is 0 Å². The summed E-state index contributed by atoms with van der Waals surface area (Å²) in [5.74, 6) is 2.30. The van der Waals surface area contributed by atoms with Gasteiger partial charge in [0, 0.05) is 25.2 Å². The van der Waals surface area contributed by atoms with Crippen LogP contribution in [0.2, 0.25) is 0 Å². The van der Waals surface area contributed by atoms with Gasteiger partial charge in [-0.25, -0.2) is 0 Å². The highest BCUT2D eigenvalue weighted by molar-refractivity contribution is 5.90. The molecule has 3 rings (SSSR count). The van der Waals surface area contributed by atoms with E-state index in [1.54, 1.807) is 0 Å². The lowest BCUT2D eigenvalue weighted by Gasteiger charge is -2.29. The van der Waals surface area contributed by atoms with Gasteiger partial charge < -0.3 is 24.4 Å². The predicted octanol–water partition coefficient (Wildman–Crippen LogP) is 4.53. The number of rotatable bonds is 10. The highest BCUT2D eigenvalue weighted by Crippen LogP contribution is 2.29. The molecule has 0 unspecified atom stereocenters. The van der Waals surface area contributed by atoms with E-state index in [1.807, 2.05) is 56.3 Å². The molecule has 1 N–H and O–H groups in total. The maximum Gasteiger partial charge on any atom is 0.224 e. The van der Waals surface area contributed by atoms with Gasteiger partial charge in [-0.05, 0) is 82.1 Å². The van der Waals surface area contributed by atoms with E-state index < -0.39 is 0 Å². The van der Waals surface area contributed by atoms with Crippen LogP contribution in [0, 0.1) is 0 Å². The lowest BCUT2D eigenvalue weighted by Crippen LogP contribution is -2.35. The van der Waals surface area contributed by atoms with Crippen molar-refractivity contribution in [2.24, 2.45) is 0 Å². The second-order valence-electron chi connectivity index (χ2n) is 7.84. The molecule has 0 atom stereocenters. The number of nitrogens with one attached hydrogen (secondary N) is 1. The molecule has 1 aliphatic heterocycles. The van der Waals surface area contributed by atoms with Crippen LogP contribution in [0.3, 0.4) is 0 Å². The van der Waals surface area contributed by atoms with Crippen molar-refractivity contribution in [2.75, 3.05) is 38.7 Å². The SMILES string of the molecule is CCOc1ccc(CCC(=O)Nc2ccc(OC3CCN(C)CC3)cc2)cc1OCC. The van der Waals surface area contributed by atoms with Crippen LogP contribution in [0.4, 0.5) is 5.69 Å². The smallest absolute Gasteiger partial charge is 0.224 e. The van der Waals surface area contributed by atoms with Gasteiger partial charge in [0.05, 0.1) is 13.2 Å². The first kappa shape index (κ1) is 22.9. The maximum absolute atomic E-state index is 12.4. The molecule has 1 aliphatic rings. The Morgan fingerprint density at radius 3 is 2.35 bits per heavy atom. The van der Waals surface area contributed by atoms with Crippen LogP contribution < -0.4 is 19.5 Å². The number of carbonyl (C=O) groups is 1. The van der Waals surface area contributed by atoms with Gasteiger partial charge in [-0.1, -0.05) is 6.07 Å². The van der Waals surface area contributed by atoms with Crippen molar-refractivity contribution in [2.45, 2.75) is 45.6 Å². The number of hydrogen-bond acceptors (Lipinski definition) is 5. The summed E-state index contributed by atoms with van der Waals surface area (Å²) in [6.07, 6.45) is 3.40. The molecule has 0 aliphatic carbocycles. The summed E-state index contributed by atoms with van der Waals surface area (Å²) < 4.78 is 17.3. The van der Waals surface area contributed by atoms with Gasteiger partial charge in [0.1, 0.15) is 11.9 Å². The third kappa shape index (κ3) is 7.17. The molecular weight excluding hydrogens is 392 g/mol. The Kier molecular flexibility index (Phi) is 8.59. The Bertz CT molecular complexity index is 830. The monoisotopic (exact) mass is 426 g/mol. The van der Waals surface area contributed by atoms with Crippen LogP contribution in [0.1, 0.15) is 38.7 Å². The number of ether oxygens (including phenoxy) is 3. The number of amides is 1. The molecule has 168 valence electrons. The van der Waals surface area contributed by atoms with Crippen LogP contribution in [0.25, 0.3) is 0 Å². The minimum absolute atomic E-state index is 0.0177. The van der Waals surface area contributed by atoms with Gasteiger partial charge in [-0.2, -0.15) is 0 Å². The molecule has 2 aromatic rings. The Hall–Kier alpha value is -2.73. The molecule has 0 bridgehead atoms. The highest BCUT2D eigenvalue weighted by Gasteiger charge is 2.18. The third-order valence-electron chi connectivity index (χ3n) is 5.35. The fraction of sp³-hybridized carbons (Fsp3) is 0.480. The van der Waals surface area contributed by atoms with E-state index in [9.17, 15) is 4.79 Å². The number of piperidine rings is 1. The van der Waals surface area contributed by atoms with E-state index in [2.05, 4.69) is 17.3 Å². The van der Waals surface area contributed by atoms with Crippen LogP contribution in [-0.4, -0.2) is 50.3 Å². The Morgan fingerprint density at radius 1 is 1.00 bits per heavy atom. The number of nitrogens with zero attached hydrogens (tertiary/aromatic N) is 1. The van der Waals surface area contributed by atoms with Crippen molar-refractivity contribution in [3.8, 4) is 17.2 Å². The number of hydrogen-bond donors (Lipinski definition) is 1. The van der Waals surface area contributed by atoms with Gasteiger partial charge in [-0.15, -0.1) is 0 Å². The zero-order valence-corrected chi connectivity index (χ0v) is 18.9. The number of benzene rings is 2. The van der Waals surface area contributed by atoms with Crippen LogP contribution in [0.15, 0.2) is 42.5 Å². The molecule has 1 amide bonds. The van der Waals surface area contributed by atoms with Crippen molar-refractivity contribution < 1.29 is 19.0 Å². The Morgan fingerprint density at radius 2 is 1.68 bits per heavy atom. The fourth-order valence-corrected chi connectivity index (χ4v) is 3.64. The lowest BCUT2D eigenvalue weighted by molar-refractivity contribution is -0.116. The lowest BCUT2D eigenvalue weighted by atomic mass is 10.1. The van der Waals surface area contributed by atoms with Gasteiger partial charge in [-0.3, -0.25) is 4.79 Å². The predicted molar refractivity (Wildman–Crippen MR) is 123 cm³/mol. The molecule has 2 aromatic carbocycles. The van der Waals surface area contributed by atoms with Crippen LogP contribution >= 0.6 is 0 Å². The molecule has 1 heterocycles. The first-order valence-electron chi connectivity index (χ1n) is 11.2. The van der Waals surface area contributed by atoms with Gasteiger partial charge in [0.25, 0.3) is 0 Å². The minimum atomic E-state index is -0.0177. The summed E-state index contributed by atoms with van der Waals surface area (Å²) in [5.41, 5.74) is 1.83. The highest BCUT2D eigenvalue weighted by atomic mass is 16.5.